The fraction of sp³-hybridized carbons (Fsp3) is 0.103. The molecule has 0 saturated heterocycles. The molecule has 1 aromatic heterocycles. The Morgan fingerprint density at radius 1 is 0.516 bits per heavy atom. The Hall–Kier alpha value is -7.92. The lowest BCUT2D eigenvalue weighted by Gasteiger charge is -2.21. The predicted octanol–water partition coefficient (Wildman–Crippen LogP) is 12.9. The van der Waals surface area contributed by atoms with Crippen molar-refractivity contribution in [3.63, 3.8) is 0 Å². The number of rotatable bonds is 4. The van der Waals surface area contributed by atoms with Crippen LogP contribution in [0.25, 0.3) is 106 Å². The van der Waals surface area contributed by atoms with Crippen LogP contribution >= 0.6 is 0 Å². The molecule has 1 unspecified atom stereocenters. The molecule has 9 aromatic rings. The summed E-state index contributed by atoms with van der Waals surface area (Å²) < 4.78 is 0. The maximum Gasteiger partial charge on any atom is 0.160 e. The quantitative estimate of drug-likeness (QED) is 0.166. The molecule has 0 aliphatic heterocycles. The zero-order valence-corrected chi connectivity index (χ0v) is 34.0. The summed E-state index contributed by atoms with van der Waals surface area (Å²) in [7, 11) is 0. The van der Waals surface area contributed by atoms with Gasteiger partial charge in [0, 0.05) is 28.0 Å². The van der Waals surface area contributed by atoms with E-state index in [1.807, 2.05) is 36.4 Å². The number of aromatic nitrogens is 2. The summed E-state index contributed by atoms with van der Waals surface area (Å²) >= 11 is 0. The second-order valence-electron chi connectivity index (χ2n) is 16.8. The van der Waals surface area contributed by atoms with Crippen molar-refractivity contribution in [1.82, 2.24) is 9.97 Å². The molecule has 0 amide bonds. The van der Waals surface area contributed by atoms with Gasteiger partial charge in [0.1, 0.15) is 0 Å². The molecule has 0 saturated carbocycles. The minimum atomic E-state index is -0.0724. The van der Waals surface area contributed by atoms with E-state index in [1.54, 1.807) is 0 Å². The largest absolute Gasteiger partial charge is 0.232 e. The number of nitriles is 2. The third-order valence-electron chi connectivity index (χ3n) is 13.3. The first-order valence-corrected chi connectivity index (χ1v) is 21.6. The zero-order valence-electron chi connectivity index (χ0n) is 34.0. The van der Waals surface area contributed by atoms with Crippen molar-refractivity contribution >= 4 is 72.2 Å². The summed E-state index contributed by atoms with van der Waals surface area (Å²) in [5, 5.41) is 33.1. The Morgan fingerprint density at radius 2 is 1.18 bits per heavy atom. The van der Waals surface area contributed by atoms with E-state index in [1.165, 1.54) is 64.7 Å². The number of allylic oxidation sites excluding steroid dienone is 5. The van der Waals surface area contributed by atoms with E-state index in [0.717, 1.165) is 70.1 Å². The van der Waals surface area contributed by atoms with Crippen molar-refractivity contribution in [3.8, 4) is 45.8 Å². The van der Waals surface area contributed by atoms with Crippen LogP contribution in [0.1, 0.15) is 54.0 Å². The lowest BCUT2D eigenvalue weighted by Crippen LogP contribution is -2.33. The molecule has 0 radical (unpaired) electrons. The Labute approximate surface area is 359 Å². The Balaban J connectivity index is 1.17. The topological polar surface area (TPSA) is 73.4 Å². The minimum absolute atomic E-state index is 0.0724. The summed E-state index contributed by atoms with van der Waals surface area (Å²) in [5.41, 5.74) is 11.1. The van der Waals surface area contributed by atoms with E-state index >= 15 is 0 Å². The minimum Gasteiger partial charge on any atom is -0.232 e. The van der Waals surface area contributed by atoms with Crippen molar-refractivity contribution in [1.29, 1.82) is 10.5 Å². The summed E-state index contributed by atoms with van der Waals surface area (Å²) in [4.78, 5) is 10.8. The van der Waals surface area contributed by atoms with Crippen LogP contribution in [0.15, 0.2) is 151 Å². The van der Waals surface area contributed by atoms with Gasteiger partial charge in [0.2, 0.25) is 0 Å². The number of nitrogens with zero attached hydrogens (tertiary/aromatic N) is 4. The fourth-order valence-electron chi connectivity index (χ4n) is 10.3. The molecule has 1 heterocycles. The second-order valence-corrected chi connectivity index (χ2v) is 16.8. The molecule has 0 fully saturated rings. The van der Waals surface area contributed by atoms with E-state index in [-0.39, 0.29) is 5.92 Å². The number of benzene rings is 8. The van der Waals surface area contributed by atoms with Gasteiger partial charge in [-0.15, -0.1) is 0 Å². The smallest absolute Gasteiger partial charge is 0.160 e. The molecular formula is C58H38N4. The molecule has 4 nitrogen and oxygen atoms in total. The van der Waals surface area contributed by atoms with Gasteiger partial charge in [0.15, 0.2) is 5.82 Å². The van der Waals surface area contributed by atoms with Crippen molar-refractivity contribution in [2.75, 3.05) is 0 Å². The molecule has 3 aliphatic rings. The van der Waals surface area contributed by atoms with Crippen molar-refractivity contribution in [2.45, 2.75) is 38.0 Å². The lowest BCUT2D eigenvalue weighted by atomic mass is 9.85. The summed E-state index contributed by atoms with van der Waals surface area (Å²) in [6, 6.07) is 48.1. The summed E-state index contributed by atoms with van der Waals surface area (Å²) in [5.74, 6) is 0.533. The van der Waals surface area contributed by atoms with Crippen LogP contribution in [-0.2, 0) is 6.42 Å². The first kappa shape index (κ1) is 36.0. The highest BCUT2D eigenvalue weighted by atomic mass is 14.9. The predicted molar refractivity (Wildman–Crippen MR) is 256 cm³/mol. The third-order valence-corrected chi connectivity index (χ3v) is 13.3. The average molecular weight is 791 g/mol. The standard InChI is InChI=1S/C58H38N4/c59-33-35-17-21-37(22-18-35)56-55-32-41(39-25-27-50-46-13-3-1-9-42(46)44-11-5-7-15-48(44)53(50)29-39)31-52(57(55)62-58(61-56)38-23-19-36(34-60)20-24-38)40-26-28-51-47-14-4-2-10-43(47)45-12-6-8-16-49(45)54(51)30-40/h2-4,6,8,10-21,23-32,37H,1,5,7,9,22H2. The number of hydrogen-bond donors (Lipinski definition) is 0. The van der Waals surface area contributed by atoms with Crippen LogP contribution in [0.3, 0.4) is 0 Å². The van der Waals surface area contributed by atoms with E-state index in [4.69, 9.17) is 9.97 Å². The number of hydrogen-bond acceptors (Lipinski definition) is 4. The SMILES string of the molecule is N#CC1=CCC(c2nc(-c3ccc(C#N)cc3)nc3c(-c4ccc5c6ccccc6c6ccccc6c5c4)cc(-c4ccc5c6c(c7c(c5c4)=CCCC=7)CCC=C6)cc23)C=C1. The molecule has 0 N–H and O–H groups in total. The first-order valence-electron chi connectivity index (χ1n) is 21.6. The number of fused-ring (bicyclic) bond motifs is 13. The van der Waals surface area contributed by atoms with Gasteiger partial charge < -0.3 is 0 Å². The van der Waals surface area contributed by atoms with E-state index in [9.17, 15) is 10.5 Å². The third kappa shape index (κ3) is 5.72. The highest BCUT2D eigenvalue weighted by Crippen LogP contribution is 2.43. The van der Waals surface area contributed by atoms with Crippen LogP contribution in [-0.4, -0.2) is 9.97 Å². The van der Waals surface area contributed by atoms with Gasteiger partial charge in [0.05, 0.1) is 28.9 Å². The van der Waals surface area contributed by atoms with Gasteiger partial charge in [-0.25, -0.2) is 9.97 Å². The summed E-state index contributed by atoms with van der Waals surface area (Å²) in [6.07, 6.45) is 20.6. The molecule has 8 aromatic carbocycles. The van der Waals surface area contributed by atoms with Gasteiger partial charge in [-0.3, -0.25) is 0 Å². The molecule has 1 atom stereocenters. The monoisotopic (exact) mass is 790 g/mol. The van der Waals surface area contributed by atoms with Crippen LogP contribution in [0.2, 0.25) is 0 Å². The fourth-order valence-corrected chi connectivity index (χ4v) is 10.3. The van der Waals surface area contributed by atoms with Crippen molar-refractivity contribution in [2.24, 2.45) is 0 Å². The van der Waals surface area contributed by atoms with E-state index < -0.39 is 0 Å². The molecule has 0 spiro atoms. The second kappa shape index (κ2) is 14.4. The Kier molecular flexibility index (Phi) is 8.34. The maximum absolute atomic E-state index is 9.77. The Bertz CT molecular complexity index is 3710. The zero-order chi connectivity index (χ0) is 41.3. The average Bonchev–Trinajstić information content (AvgIpc) is 3.35. The molecule has 12 rings (SSSR count). The van der Waals surface area contributed by atoms with Crippen LogP contribution in [0.5, 0.6) is 0 Å². The molecule has 62 heavy (non-hydrogen) atoms. The van der Waals surface area contributed by atoms with Gasteiger partial charge in [-0.05, 0) is 168 Å². The van der Waals surface area contributed by atoms with Crippen molar-refractivity contribution < 1.29 is 0 Å². The van der Waals surface area contributed by atoms with E-state index in [0.29, 0.717) is 23.4 Å². The first-order chi connectivity index (χ1) is 30.6. The van der Waals surface area contributed by atoms with Crippen molar-refractivity contribution in [3.05, 3.63) is 184 Å². The Morgan fingerprint density at radius 3 is 1.90 bits per heavy atom. The van der Waals surface area contributed by atoms with Crippen LogP contribution < -0.4 is 10.4 Å². The summed E-state index contributed by atoms with van der Waals surface area (Å²) in [6.45, 7) is 0. The highest BCUT2D eigenvalue weighted by Gasteiger charge is 2.23. The van der Waals surface area contributed by atoms with Gasteiger partial charge >= 0.3 is 0 Å². The molecule has 0 bridgehead atoms. The van der Waals surface area contributed by atoms with Gasteiger partial charge in [-0.2, -0.15) is 10.5 Å². The molecular weight excluding hydrogens is 753 g/mol. The normalized spacial score (nSPS) is 15.5. The molecule has 3 aliphatic carbocycles. The highest BCUT2D eigenvalue weighted by molar-refractivity contribution is 6.26. The maximum atomic E-state index is 9.77. The van der Waals surface area contributed by atoms with Crippen LogP contribution in [0.4, 0.5) is 0 Å². The lowest BCUT2D eigenvalue weighted by molar-refractivity contribution is 0.819. The van der Waals surface area contributed by atoms with E-state index in [2.05, 4.69) is 140 Å². The van der Waals surface area contributed by atoms with Crippen LogP contribution in [0, 0.1) is 22.7 Å². The molecule has 290 valence electrons. The van der Waals surface area contributed by atoms with Gasteiger partial charge in [-0.1, -0.05) is 109 Å². The van der Waals surface area contributed by atoms with Gasteiger partial charge in [0.25, 0.3) is 0 Å². The molecule has 4 heteroatoms.